The highest BCUT2D eigenvalue weighted by atomic mass is 35.5. The second-order valence-electron chi connectivity index (χ2n) is 5.30. The summed E-state index contributed by atoms with van der Waals surface area (Å²) >= 11 is 5.98. The van der Waals surface area contributed by atoms with Crippen molar-refractivity contribution in [2.24, 2.45) is 0 Å². The van der Waals surface area contributed by atoms with Gasteiger partial charge in [-0.25, -0.2) is 9.97 Å². The Kier molecular flexibility index (Phi) is 3.41. The number of carbonyl (C=O) groups is 1. The molecule has 2 saturated heterocycles. The van der Waals surface area contributed by atoms with Gasteiger partial charge in [0.2, 0.25) is 0 Å². The van der Waals surface area contributed by atoms with E-state index >= 15 is 0 Å². The topological polar surface area (TPSA) is 49.3 Å². The van der Waals surface area contributed by atoms with E-state index in [4.69, 9.17) is 11.6 Å². The van der Waals surface area contributed by atoms with Crippen molar-refractivity contribution in [3.8, 4) is 0 Å². The first-order valence-electron chi connectivity index (χ1n) is 6.63. The van der Waals surface area contributed by atoms with Crippen molar-refractivity contribution in [1.82, 2.24) is 14.9 Å². The second kappa shape index (κ2) is 5.06. The summed E-state index contributed by atoms with van der Waals surface area (Å²) in [5.74, 6) is 0.677. The van der Waals surface area contributed by atoms with Crippen LogP contribution in [0.4, 0.5) is 5.82 Å². The Labute approximate surface area is 117 Å². The molecule has 2 aliphatic heterocycles. The maximum atomic E-state index is 11.2. The zero-order valence-corrected chi connectivity index (χ0v) is 11.7. The number of aldehydes is 1. The normalized spacial score (nSPS) is 27.4. The van der Waals surface area contributed by atoms with Gasteiger partial charge >= 0.3 is 0 Å². The quantitative estimate of drug-likeness (QED) is 0.609. The van der Waals surface area contributed by atoms with E-state index < -0.39 is 0 Å². The molecule has 0 spiro atoms. The Morgan fingerprint density at radius 2 is 2.11 bits per heavy atom. The zero-order valence-electron chi connectivity index (χ0n) is 10.9. The minimum atomic E-state index is 0.239. The van der Waals surface area contributed by atoms with Crippen LogP contribution in [0.25, 0.3) is 0 Å². The lowest BCUT2D eigenvalue weighted by Crippen LogP contribution is -2.37. The van der Waals surface area contributed by atoms with Crippen molar-refractivity contribution in [3.05, 3.63) is 17.0 Å². The van der Waals surface area contributed by atoms with Crippen LogP contribution < -0.4 is 4.90 Å². The van der Waals surface area contributed by atoms with Crippen LogP contribution in [0.2, 0.25) is 5.15 Å². The SMILES string of the molecule is CN1C2CCC1CN(c1ncnc(Cl)c1C=O)CC2. The van der Waals surface area contributed by atoms with Crippen LogP contribution in [0.3, 0.4) is 0 Å². The van der Waals surface area contributed by atoms with Gasteiger partial charge in [0, 0.05) is 25.2 Å². The van der Waals surface area contributed by atoms with Crippen molar-refractivity contribution < 1.29 is 4.79 Å². The van der Waals surface area contributed by atoms with Crippen LogP contribution in [-0.2, 0) is 0 Å². The molecule has 0 amide bonds. The summed E-state index contributed by atoms with van der Waals surface area (Å²) < 4.78 is 0. The minimum Gasteiger partial charge on any atom is -0.354 e. The lowest BCUT2D eigenvalue weighted by Gasteiger charge is -2.27. The van der Waals surface area contributed by atoms with Crippen LogP contribution in [0.15, 0.2) is 6.33 Å². The highest BCUT2D eigenvalue weighted by molar-refractivity contribution is 6.32. The van der Waals surface area contributed by atoms with Crippen molar-refractivity contribution in [1.29, 1.82) is 0 Å². The summed E-state index contributed by atoms with van der Waals surface area (Å²) in [4.78, 5) is 24.0. The second-order valence-corrected chi connectivity index (χ2v) is 5.66. The van der Waals surface area contributed by atoms with E-state index in [2.05, 4.69) is 26.8 Å². The van der Waals surface area contributed by atoms with Crippen LogP contribution in [-0.4, -0.2) is 53.4 Å². The van der Waals surface area contributed by atoms with E-state index in [9.17, 15) is 4.79 Å². The number of aromatic nitrogens is 2. The fraction of sp³-hybridized carbons (Fsp3) is 0.615. The smallest absolute Gasteiger partial charge is 0.156 e. The zero-order chi connectivity index (χ0) is 13.4. The molecule has 1 aromatic heterocycles. The van der Waals surface area contributed by atoms with E-state index in [1.165, 1.54) is 19.2 Å². The molecule has 0 saturated carbocycles. The predicted molar refractivity (Wildman–Crippen MR) is 73.8 cm³/mol. The molecule has 2 unspecified atom stereocenters. The van der Waals surface area contributed by atoms with Gasteiger partial charge in [0.05, 0.1) is 5.56 Å². The number of anilines is 1. The molecular weight excluding hydrogens is 264 g/mol. The molecule has 0 radical (unpaired) electrons. The fourth-order valence-corrected chi connectivity index (χ4v) is 3.39. The van der Waals surface area contributed by atoms with E-state index in [0.29, 0.717) is 23.5 Å². The van der Waals surface area contributed by atoms with Gasteiger partial charge in [-0.15, -0.1) is 0 Å². The summed E-state index contributed by atoms with van der Waals surface area (Å²) in [6.45, 7) is 1.82. The third kappa shape index (κ3) is 2.21. The molecule has 2 fully saturated rings. The lowest BCUT2D eigenvalue weighted by molar-refractivity contribution is 0.112. The molecule has 102 valence electrons. The third-order valence-electron chi connectivity index (χ3n) is 4.38. The van der Waals surface area contributed by atoms with Crippen LogP contribution in [0.5, 0.6) is 0 Å². The van der Waals surface area contributed by atoms with Gasteiger partial charge in [0.15, 0.2) is 6.29 Å². The number of hydrogen-bond donors (Lipinski definition) is 0. The number of likely N-dealkylation sites (N-methyl/N-ethyl adjacent to an activating group) is 1. The van der Waals surface area contributed by atoms with Gasteiger partial charge in [-0.2, -0.15) is 0 Å². The molecule has 19 heavy (non-hydrogen) atoms. The van der Waals surface area contributed by atoms with Crippen LogP contribution >= 0.6 is 11.6 Å². The molecule has 0 aliphatic carbocycles. The predicted octanol–water partition coefficient (Wildman–Crippen LogP) is 1.62. The Bertz CT molecular complexity index is 496. The summed E-state index contributed by atoms with van der Waals surface area (Å²) in [6.07, 6.45) is 5.78. The number of hydrogen-bond acceptors (Lipinski definition) is 5. The van der Waals surface area contributed by atoms with Crippen molar-refractivity contribution in [2.75, 3.05) is 25.0 Å². The Hall–Kier alpha value is -1.20. The van der Waals surface area contributed by atoms with E-state index in [0.717, 1.165) is 25.8 Å². The van der Waals surface area contributed by atoms with E-state index in [-0.39, 0.29) is 5.15 Å². The molecule has 2 atom stereocenters. The van der Waals surface area contributed by atoms with Gasteiger partial charge in [-0.1, -0.05) is 11.6 Å². The van der Waals surface area contributed by atoms with E-state index in [1.54, 1.807) is 0 Å². The first-order chi connectivity index (χ1) is 9.20. The largest absolute Gasteiger partial charge is 0.354 e. The lowest BCUT2D eigenvalue weighted by atomic mass is 10.1. The van der Waals surface area contributed by atoms with Gasteiger partial charge in [-0.3, -0.25) is 9.69 Å². The molecule has 1 aromatic rings. The van der Waals surface area contributed by atoms with Gasteiger partial charge < -0.3 is 4.90 Å². The average Bonchev–Trinajstić information content (AvgIpc) is 2.63. The molecular formula is C13H17ClN4O. The Balaban J connectivity index is 1.91. The molecule has 3 rings (SSSR count). The molecule has 0 N–H and O–H groups in total. The number of nitrogens with zero attached hydrogens (tertiary/aromatic N) is 4. The molecule has 2 bridgehead atoms. The summed E-state index contributed by atoms with van der Waals surface area (Å²) in [5.41, 5.74) is 0.407. The molecule has 0 aromatic carbocycles. The summed E-state index contributed by atoms with van der Waals surface area (Å²) in [6, 6.07) is 1.20. The molecule has 5 nitrogen and oxygen atoms in total. The third-order valence-corrected chi connectivity index (χ3v) is 4.68. The number of carbonyl (C=O) groups excluding carboxylic acids is 1. The summed E-state index contributed by atoms with van der Waals surface area (Å²) in [5, 5.41) is 0.239. The van der Waals surface area contributed by atoms with Gasteiger partial charge in [0.25, 0.3) is 0 Å². The number of fused-ring (bicyclic) bond motifs is 2. The average molecular weight is 281 g/mol. The first kappa shape index (κ1) is 12.8. The fourth-order valence-electron chi connectivity index (χ4n) is 3.22. The standard InChI is InChI=1S/C13H17ClN4O/c1-17-9-2-3-10(17)6-18(5-4-9)13-11(7-19)12(14)15-8-16-13/h7-10H,2-6H2,1H3. The van der Waals surface area contributed by atoms with Crippen molar-refractivity contribution >= 4 is 23.7 Å². The molecule has 3 heterocycles. The summed E-state index contributed by atoms with van der Waals surface area (Å²) in [7, 11) is 2.19. The van der Waals surface area contributed by atoms with Crippen molar-refractivity contribution in [3.63, 3.8) is 0 Å². The minimum absolute atomic E-state index is 0.239. The highest BCUT2D eigenvalue weighted by Crippen LogP contribution is 2.31. The van der Waals surface area contributed by atoms with Crippen LogP contribution in [0.1, 0.15) is 29.6 Å². The number of rotatable bonds is 2. The first-order valence-corrected chi connectivity index (χ1v) is 7.01. The maximum absolute atomic E-state index is 11.2. The number of halogens is 1. The Morgan fingerprint density at radius 1 is 1.32 bits per heavy atom. The Morgan fingerprint density at radius 3 is 2.89 bits per heavy atom. The van der Waals surface area contributed by atoms with Crippen molar-refractivity contribution in [2.45, 2.75) is 31.3 Å². The van der Waals surface area contributed by atoms with E-state index in [1.807, 2.05) is 0 Å². The van der Waals surface area contributed by atoms with Gasteiger partial charge in [0.1, 0.15) is 17.3 Å². The molecule has 6 heteroatoms. The van der Waals surface area contributed by atoms with Gasteiger partial charge in [-0.05, 0) is 26.3 Å². The van der Waals surface area contributed by atoms with Crippen LogP contribution in [0, 0.1) is 0 Å². The monoisotopic (exact) mass is 280 g/mol. The molecule has 2 aliphatic rings. The highest BCUT2D eigenvalue weighted by Gasteiger charge is 2.35. The maximum Gasteiger partial charge on any atom is 0.156 e.